The fourth-order valence-corrected chi connectivity index (χ4v) is 0.704. The second kappa shape index (κ2) is 2.78. The third-order valence-corrected chi connectivity index (χ3v) is 1.21. The predicted octanol–water partition coefficient (Wildman–Crippen LogP) is 2.17. The van der Waals surface area contributed by atoms with Gasteiger partial charge in [0.15, 0.2) is 5.78 Å². The van der Waals surface area contributed by atoms with Gasteiger partial charge in [-0.3, -0.25) is 4.79 Å². The molecule has 3 heteroatoms. The van der Waals surface area contributed by atoms with Gasteiger partial charge in [0.05, 0.1) is 1.37 Å². The van der Waals surface area contributed by atoms with E-state index in [1.165, 1.54) is 6.92 Å². The summed E-state index contributed by atoms with van der Waals surface area (Å²) in [6, 6.07) is 0.904. The summed E-state index contributed by atoms with van der Waals surface area (Å²) in [4.78, 5) is 10.7. The zero-order valence-corrected chi connectivity index (χ0v) is 5.82. The van der Waals surface area contributed by atoms with E-state index in [9.17, 15) is 13.6 Å². The standard InChI is InChI=1S/C8H6F2O/c1-5(11)6-2-7(9)4-8(10)3-6/h2-4H,1H3/i4D. The number of Topliss-reactive ketones (excluding diaryl/α,β-unsaturated/α-hetero) is 1. The first kappa shape index (κ1) is 6.46. The lowest BCUT2D eigenvalue weighted by Crippen LogP contribution is -1.93. The first-order chi connectivity index (χ1) is 5.52. The number of rotatable bonds is 1. The normalized spacial score (nSPS) is 11.0. The van der Waals surface area contributed by atoms with E-state index in [4.69, 9.17) is 1.37 Å². The van der Waals surface area contributed by atoms with Crippen molar-refractivity contribution in [1.29, 1.82) is 0 Å². The molecule has 0 aliphatic rings. The summed E-state index contributed by atoms with van der Waals surface area (Å²) in [5, 5.41) is 0. The summed E-state index contributed by atoms with van der Waals surface area (Å²) in [5.74, 6) is -2.45. The van der Waals surface area contributed by atoms with Gasteiger partial charge in [0.1, 0.15) is 11.6 Å². The van der Waals surface area contributed by atoms with Crippen molar-refractivity contribution >= 4 is 5.78 Å². The molecule has 0 fully saturated rings. The van der Waals surface area contributed by atoms with E-state index in [1.807, 2.05) is 0 Å². The lowest BCUT2D eigenvalue weighted by molar-refractivity contribution is 0.101. The zero-order valence-electron chi connectivity index (χ0n) is 6.82. The van der Waals surface area contributed by atoms with Crippen LogP contribution in [-0.4, -0.2) is 5.78 Å². The highest BCUT2D eigenvalue weighted by molar-refractivity contribution is 5.93. The van der Waals surface area contributed by atoms with Crippen molar-refractivity contribution in [1.82, 2.24) is 0 Å². The Bertz CT molecular complexity index is 313. The molecular weight excluding hydrogens is 150 g/mol. The fraction of sp³-hybridized carbons (Fsp3) is 0.125. The van der Waals surface area contributed by atoms with Gasteiger partial charge < -0.3 is 0 Å². The first-order valence-electron chi connectivity index (χ1n) is 3.49. The van der Waals surface area contributed by atoms with Gasteiger partial charge in [0.25, 0.3) is 0 Å². The quantitative estimate of drug-likeness (QED) is 0.571. The van der Waals surface area contributed by atoms with Gasteiger partial charge in [0.2, 0.25) is 0 Å². The van der Waals surface area contributed by atoms with Crippen LogP contribution in [0.3, 0.4) is 0 Å². The topological polar surface area (TPSA) is 17.1 Å². The Labute approximate surface area is 64.1 Å². The van der Waals surface area contributed by atoms with Gasteiger partial charge in [-0.1, -0.05) is 0 Å². The van der Waals surface area contributed by atoms with Crippen LogP contribution < -0.4 is 0 Å². The van der Waals surface area contributed by atoms with Crippen LogP contribution in [0.4, 0.5) is 8.78 Å². The van der Waals surface area contributed by atoms with Crippen molar-refractivity contribution < 1.29 is 14.9 Å². The molecule has 1 aromatic rings. The van der Waals surface area contributed by atoms with E-state index in [-0.39, 0.29) is 5.56 Å². The highest BCUT2D eigenvalue weighted by Gasteiger charge is 2.03. The summed E-state index contributed by atoms with van der Waals surface area (Å²) in [6.45, 7) is 1.21. The lowest BCUT2D eigenvalue weighted by atomic mass is 10.1. The molecule has 0 heterocycles. The molecule has 0 bridgehead atoms. The Morgan fingerprint density at radius 2 is 1.91 bits per heavy atom. The Morgan fingerprint density at radius 3 is 2.27 bits per heavy atom. The molecule has 0 amide bonds. The zero-order chi connectivity index (χ0) is 9.30. The highest BCUT2D eigenvalue weighted by Crippen LogP contribution is 2.07. The highest BCUT2D eigenvalue weighted by atomic mass is 19.1. The number of hydrogen-bond acceptors (Lipinski definition) is 1. The molecule has 0 radical (unpaired) electrons. The van der Waals surface area contributed by atoms with Crippen molar-refractivity contribution in [3.63, 3.8) is 0 Å². The molecule has 0 atom stereocenters. The maximum absolute atomic E-state index is 12.6. The molecule has 1 rings (SSSR count). The van der Waals surface area contributed by atoms with Crippen molar-refractivity contribution in [2.75, 3.05) is 0 Å². The number of benzene rings is 1. The van der Waals surface area contributed by atoms with Crippen LogP contribution in [0.2, 0.25) is 0 Å². The smallest absolute Gasteiger partial charge is 0.160 e. The van der Waals surface area contributed by atoms with Crippen molar-refractivity contribution in [2.24, 2.45) is 0 Å². The van der Waals surface area contributed by atoms with Gasteiger partial charge in [-0.15, -0.1) is 0 Å². The Balaban J connectivity index is 3.31. The van der Waals surface area contributed by atoms with Crippen LogP contribution in [-0.2, 0) is 0 Å². The molecular formula is C8H6F2O. The molecule has 1 aromatic carbocycles. The Kier molecular flexibility index (Phi) is 1.63. The molecule has 0 spiro atoms. The summed E-state index contributed by atoms with van der Waals surface area (Å²) in [5.41, 5.74) is -0.0546. The third kappa shape index (κ3) is 1.83. The molecule has 0 N–H and O–H groups in total. The van der Waals surface area contributed by atoms with Crippen LogP contribution in [0.1, 0.15) is 18.7 Å². The van der Waals surface area contributed by atoms with E-state index in [0.29, 0.717) is 0 Å². The molecule has 0 unspecified atom stereocenters. The molecule has 0 aromatic heterocycles. The molecule has 1 nitrogen and oxygen atoms in total. The van der Waals surface area contributed by atoms with Crippen molar-refractivity contribution in [3.05, 3.63) is 35.4 Å². The lowest BCUT2D eigenvalue weighted by Gasteiger charge is -1.95. The van der Waals surface area contributed by atoms with Crippen LogP contribution in [0, 0.1) is 11.6 Å². The van der Waals surface area contributed by atoms with Gasteiger partial charge in [-0.2, -0.15) is 0 Å². The van der Waals surface area contributed by atoms with Gasteiger partial charge in [-0.25, -0.2) is 8.78 Å². The van der Waals surface area contributed by atoms with Crippen LogP contribution in [0.25, 0.3) is 0 Å². The van der Waals surface area contributed by atoms with Crippen LogP contribution >= 0.6 is 0 Å². The summed E-state index contributed by atoms with van der Waals surface area (Å²) < 4.78 is 32.1. The van der Waals surface area contributed by atoms with E-state index < -0.39 is 23.5 Å². The third-order valence-electron chi connectivity index (χ3n) is 1.21. The summed E-state index contributed by atoms with van der Waals surface area (Å²) in [6.07, 6.45) is 0. The molecule has 0 aliphatic carbocycles. The van der Waals surface area contributed by atoms with Gasteiger partial charge in [0, 0.05) is 11.6 Å². The fourth-order valence-electron chi connectivity index (χ4n) is 0.704. The van der Waals surface area contributed by atoms with Crippen LogP contribution in [0.15, 0.2) is 18.2 Å². The maximum Gasteiger partial charge on any atom is 0.160 e. The monoisotopic (exact) mass is 157 g/mol. The SMILES string of the molecule is [2H]c1c(F)cc(C(C)=O)cc1F. The molecule has 0 saturated heterocycles. The number of halogens is 2. The Morgan fingerprint density at radius 1 is 1.45 bits per heavy atom. The second-order valence-electron chi connectivity index (χ2n) is 2.12. The molecule has 0 aliphatic heterocycles. The number of carbonyl (C=O) groups excluding carboxylic acids is 1. The van der Waals surface area contributed by atoms with Gasteiger partial charge in [-0.05, 0) is 19.1 Å². The molecule has 58 valence electrons. The summed E-state index contributed by atoms with van der Waals surface area (Å²) in [7, 11) is 0. The average molecular weight is 157 g/mol. The predicted molar refractivity (Wildman–Crippen MR) is 36.4 cm³/mol. The average Bonchev–Trinajstić information content (AvgIpc) is 1.99. The number of carbonyl (C=O) groups is 1. The largest absolute Gasteiger partial charge is 0.295 e. The molecule has 11 heavy (non-hydrogen) atoms. The Hall–Kier alpha value is -1.25. The first-order valence-corrected chi connectivity index (χ1v) is 2.99. The maximum atomic E-state index is 12.6. The van der Waals surface area contributed by atoms with E-state index >= 15 is 0 Å². The summed E-state index contributed by atoms with van der Waals surface area (Å²) >= 11 is 0. The number of ketones is 1. The minimum absolute atomic E-state index is 0.0546. The van der Waals surface area contributed by atoms with E-state index in [1.54, 1.807) is 0 Å². The second-order valence-corrected chi connectivity index (χ2v) is 2.12. The minimum Gasteiger partial charge on any atom is -0.295 e. The van der Waals surface area contributed by atoms with E-state index in [2.05, 4.69) is 0 Å². The molecule has 0 saturated carbocycles. The van der Waals surface area contributed by atoms with Crippen molar-refractivity contribution in [2.45, 2.75) is 6.92 Å². The van der Waals surface area contributed by atoms with Gasteiger partial charge >= 0.3 is 0 Å². The van der Waals surface area contributed by atoms with Crippen LogP contribution in [0.5, 0.6) is 0 Å². The number of hydrogen-bond donors (Lipinski definition) is 0. The van der Waals surface area contributed by atoms with E-state index in [0.717, 1.165) is 12.1 Å². The minimum atomic E-state index is -1.01. The van der Waals surface area contributed by atoms with Crippen molar-refractivity contribution in [3.8, 4) is 0 Å².